The molecular formula is C19H19N5O2. The van der Waals surface area contributed by atoms with Crippen LogP contribution in [0.4, 0.5) is 5.82 Å². The summed E-state index contributed by atoms with van der Waals surface area (Å²) in [5.41, 5.74) is 1.84. The number of benzene rings is 2. The zero-order valence-corrected chi connectivity index (χ0v) is 14.8. The summed E-state index contributed by atoms with van der Waals surface area (Å²) < 4.78 is 12.6. The molecule has 7 nitrogen and oxygen atoms in total. The first-order valence-electron chi connectivity index (χ1n) is 8.28. The molecule has 1 unspecified atom stereocenters. The lowest BCUT2D eigenvalue weighted by molar-refractivity contribution is 0.356. The predicted molar refractivity (Wildman–Crippen MR) is 99.9 cm³/mol. The third-order valence-electron chi connectivity index (χ3n) is 4.41. The third kappa shape index (κ3) is 2.67. The second-order valence-electron chi connectivity index (χ2n) is 5.98. The third-order valence-corrected chi connectivity index (χ3v) is 4.41. The SMILES string of the molecule is COc1cc2c(NC(C)c3ccccc3)nn3cnnc3c2cc1OC. The molecular weight excluding hydrogens is 330 g/mol. The Morgan fingerprint density at radius 3 is 2.38 bits per heavy atom. The molecule has 7 heteroatoms. The van der Waals surface area contributed by atoms with Crippen LogP contribution >= 0.6 is 0 Å². The molecule has 0 aliphatic rings. The number of fused-ring (bicyclic) bond motifs is 3. The van der Waals surface area contributed by atoms with Gasteiger partial charge in [0.05, 0.1) is 20.3 Å². The maximum atomic E-state index is 5.46. The van der Waals surface area contributed by atoms with Crippen molar-refractivity contribution in [1.82, 2.24) is 19.8 Å². The van der Waals surface area contributed by atoms with Crippen LogP contribution in [-0.4, -0.2) is 34.0 Å². The van der Waals surface area contributed by atoms with Crippen molar-refractivity contribution in [3.05, 3.63) is 54.4 Å². The van der Waals surface area contributed by atoms with Gasteiger partial charge >= 0.3 is 0 Å². The summed E-state index contributed by atoms with van der Waals surface area (Å²) in [5, 5.41) is 18.1. The van der Waals surface area contributed by atoms with Gasteiger partial charge < -0.3 is 14.8 Å². The van der Waals surface area contributed by atoms with Crippen LogP contribution in [0.5, 0.6) is 11.5 Å². The number of rotatable bonds is 5. The standard InChI is InChI=1S/C19H19N5O2/c1-12(13-7-5-4-6-8-13)21-18-14-9-16(25-2)17(26-3)10-15(14)19-22-20-11-24(19)23-18/h4-12H,1-3H3,(H,21,23). The molecule has 2 aromatic heterocycles. The van der Waals surface area contributed by atoms with Crippen LogP contribution in [0.15, 0.2) is 48.8 Å². The van der Waals surface area contributed by atoms with Crippen molar-refractivity contribution in [2.75, 3.05) is 19.5 Å². The Morgan fingerprint density at radius 2 is 1.69 bits per heavy atom. The summed E-state index contributed by atoms with van der Waals surface area (Å²) in [7, 11) is 3.23. The molecule has 4 aromatic rings. The first kappa shape index (κ1) is 16.1. The van der Waals surface area contributed by atoms with Gasteiger partial charge in [0.15, 0.2) is 23.0 Å². The first-order valence-corrected chi connectivity index (χ1v) is 8.28. The Kier molecular flexibility index (Phi) is 4.04. The van der Waals surface area contributed by atoms with Gasteiger partial charge in [0.2, 0.25) is 0 Å². The summed E-state index contributed by atoms with van der Waals surface area (Å²) >= 11 is 0. The molecule has 4 rings (SSSR count). The number of hydrogen-bond acceptors (Lipinski definition) is 6. The van der Waals surface area contributed by atoms with Gasteiger partial charge in [-0.15, -0.1) is 15.3 Å². The highest BCUT2D eigenvalue weighted by Crippen LogP contribution is 2.36. The number of ether oxygens (including phenoxy) is 2. The van der Waals surface area contributed by atoms with Crippen molar-refractivity contribution in [2.45, 2.75) is 13.0 Å². The highest BCUT2D eigenvalue weighted by Gasteiger charge is 2.16. The van der Waals surface area contributed by atoms with Crippen LogP contribution in [0.25, 0.3) is 16.4 Å². The fraction of sp³-hybridized carbons (Fsp3) is 0.211. The molecule has 1 atom stereocenters. The molecule has 1 N–H and O–H groups in total. The molecule has 132 valence electrons. The van der Waals surface area contributed by atoms with Gasteiger partial charge in [0.25, 0.3) is 0 Å². The Hall–Kier alpha value is -3.35. The number of hydrogen-bond donors (Lipinski definition) is 1. The first-order chi connectivity index (χ1) is 12.7. The Balaban J connectivity index is 1.89. The Morgan fingerprint density at radius 1 is 1.00 bits per heavy atom. The van der Waals surface area contributed by atoms with Gasteiger partial charge in [-0.2, -0.15) is 4.52 Å². The smallest absolute Gasteiger partial charge is 0.185 e. The summed E-state index contributed by atoms with van der Waals surface area (Å²) in [4.78, 5) is 0. The summed E-state index contributed by atoms with van der Waals surface area (Å²) in [6.07, 6.45) is 1.59. The van der Waals surface area contributed by atoms with E-state index < -0.39 is 0 Å². The van der Waals surface area contributed by atoms with Gasteiger partial charge in [0, 0.05) is 10.8 Å². The normalized spacial score (nSPS) is 12.3. The van der Waals surface area contributed by atoms with Gasteiger partial charge in [-0.25, -0.2) is 0 Å². The predicted octanol–water partition coefficient (Wildman–Crippen LogP) is 3.47. The minimum atomic E-state index is 0.0777. The zero-order chi connectivity index (χ0) is 18.1. The zero-order valence-electron chi connectivity index (χ0n) is 14.8. The van der Waals surface area contributed by atoms with Gasteiger partial charge in [0.1, 0.15) is 6.33 Å². The monoisotopic (exact) mass is 349 g/mol. The summed E-state index contributed by atoms with van der Waals surface area (Å²) in [5.74, 6) is 2.00. The van der Waals surface area contributed by atoms with Crippen LogP contribution < -0.4 is 14.8 Å². The highest BCUT2D eigenvalue weighted by atomic mass is 16.5. The van der Waals surface area contributed by atoms with E-state index in [2.05, 4.69) is 39.7 Å². The molecule has 26 heavy (non-hydrogen) atoms. The van der Waals surface area contributed by atoms with Crippen molar-refractivity contribution in [1.29, 1.82) is 0 Å². The lowest BCUT2D eigenvalue weighted by atomic mass is 10.1. The second-order valence-corrected chi connectivity index (χ2v) is 5.98. The molecule has 0 radical (unpaired) electrons. The molecule has 0 aliphatic heterocycles. The molecule has 0 spiro atoms. The average Bonchev–Trinajstić information content (AvgIpc) is 3.16. The van der Waals surface area contributed by atoms with E-state index in [0.717, 1.165) is 16.6 Å². The van der Waals surface area contributed by atoms with Crippen molar-refractivity contribution in [2.24, 2.45) is 0 Å². The quantitative estimate of drug-likeness (QED) is 0.595. The van der Waals surface area contributed by atoms with Crippen molar-refractivity contribution >= 4 is 22.2 Å². The van der Waals surface area contributed by atoms with Crippen LogP contribution in [-0.2, 0) is 0 Å². The van der Waals surface area contributed by atoms with Crippen molar-refractivity contribution in [3.8, 4) is 11.5 Å². The average molecular weight is 349 g/mol. The Labute approximate surface area is 150 Å². The van der Waals surface area contributed by atoms with Crippen LogP contribution in [0.1, 0.15) is 18.5 Å². The number of nitrogens with one attached hydrogen (secondary N) is 1. The maximum Gasteiger partial charge on any atom is 0.185 e. The summed E-state index contributed by atoms with van der Waals surface area (Å²) in [6.45, 7) is 2.10. The fourth-order valence-corrected chi connectivity index (χ4v) is 3.04. The molecule has 2 aromatic carbocycles. The van der Waals surface area contributed by atoms with E-state index in [1.54, 1.807) is 25.1 Å². The van der Waals surface area contributed by atoms with Crippen LogP contribution in [0.2, 0.25) is 0 Å². The molecule has 0 fully saturated rings. The lowest BCUT2D eigenvalue weighted by Crippen LogP contribution is -2.10. The summed E-state index contributed by atoms with van der Waals surface area (Å²) in [6, 6.07) is 14.1. The molecule has 0 aliphatic carbocycles. The Bertz CT molecular complexity index is 1060. The molecule has 2 heterocycles. The molecule has 0 saturated heterocycles. The molecule has 0 bridgehead atoms. The van der Waals surface area contributed by atoms with Crippen LogP contribution in [0, 0.1) is 0 Å². The van der Waals surface area contributed by atoms with E-state index in [1.165, 1.54) is 5.56 Å². The minimum Gasteiger partial charge on any atom is -0.493 e. The minimum absolute atomic E-state index is 0.0777. The maximum absolute atomic E-state index is 5.46. The van der Waals surface area contributed by atoms with E-state index in [-0.39, 0.29) is 6.04 Å². The second kappa shape index (κ2) is 6.51. The van der Waals surface area contributed by atoms with E-state index in [1.807, 2.05) is 30.3 Å². The van der Waals surface area contributed by atoms with Crippen molar-refractivity contribution in [3.63, 3.8) is 0 Å². The number of nitrogens with zero attached hydrogens (tertiary/aromatic N) is 4. The van der Waals surface area contributed by atoms with Gasteiger partial charge in [-0.3, -0.25) is 0 Å². The van der Waals surface area contributed by atoms with E-state index >= 15 is 0 Å². The van der Waals surface area contributed by atoms with Gasteiger partial charge in [-0.05, 0) is 24.6 Å². The number of methoxy groups -OCH3 is 2. The van der Waals surface area contributed by atoms with E-state index in [0.29, 0.717) is 17.1 Å². The lowest BCUT2D eigenvalue weighted by Gasteiger charge is -2.17. The van der Waals surface area contributed by atoms with Crippen molar-refractivity contribution < 1.29 is 9.47 Å². The molecule has 0 amide bonds. The highest BCUT2D eigenvalue weighted by molar-refractivity contribution is 6.01. The van der Waals surface area contributed by atoms with Crippen LogP contribution in [0.3, 0.4) is 0 Å². The van der Waals surface area contributed by atoms with Gasteiger partial charge in [-0.1, -0.05) is 30.3 Å². The van der Waals surface area contributed by atoms with E-state index in [4.69, 9.17) is 9.47 Å². The number of aromatic nitrogens is 4. The fourth-order valence-electron chi connectivity index (χ4n) is 3.04. The van der Waals surface area contributed by atoms with E-state index in [9.17, 15) is 0 Å². The largest absolute Gasteiger partial charge is 0.493 e. The number of anilines is 1. The molecule has 0 saturated carbocycles. The topological polar surface area (TPSA) is 73.6 Å².